The molecule has 0 radical (unpaired) electrons. The fourth-order valence-electron chi connectivity index (χ4n) is 3.93. The Labute approximate surface area is 157 Å². The fourth-order valence-corrected chi connectivity index (χ4v) is 3.93. The van der Waals surface area contributed by atoms with E-state index in [1.54, 1.807) is 0 Å². The number of ketones is 1. The lowest BCUT2D eigenvalue weighted by atomic mass is 9.68. The second-order valence-electron chi connectivity index (χ2n) is 6.78. The molecular formula is C23H17NO3. The number of benzene rings is 3. The van der Waals surface area contributed by atoms with Crippen molar-refractivity contribution < 1.29 is 14.4 Å². The van der Waals surface area contributed by atoms with Crippen molar-refractivity contribution in [3.05, 3.63) is 102 Å². The molecule has 0 saturated heterocycles. The Morgan fingerprint density at radius 2 is 1.56 bits per heavy atom. The topological polar surface area (TPSA) is 47.9 Å². The number of hydrogen-bond acceptors (Lipinski definition) is 4. The summed E-state index contributed by atoms with van der Waals surface area (Å²) in [6.45, 7) is 0.191. The first-order valence-corrected chi connectivity index (χ1v) is 8.92. The van der Waals surface area contributed by atoms with Crippen LogP contribution in [0.25, 0.3) is 0 Å². The monoisotopic (exact) mass is 355 g/mol. The van der Waals surface area contributed by atoms with Gasteiger partial charge in [-0.1, -0.05) is 84.0 Å². The Bertz CT molecular complexity index is 1030. The molecule has 0 aromatic heterocycles. The van der Waals surface area contributed by atoms with E-state index >= 15 is 0 Å². The van der Waals surface area contributed by atoms with Crippen LogP contribution in [0.1, 0.15) is 27.6 Å². The van der Waals surface area contributed by atoms with Crippen molar-refractivity contribution in [2.24, 2.45) is 10.6 Å². The molecule has 0 amide bonds. The molecule has 4 heteroatoms. The van der Waals surface area contributed by atoms with Gasteiger partial charge in [0.2, 0.25) is 0 Å². The highest BCUT2D eigenvalue weighted by atomic mass is 16.7. The summed E-state index contributed by atoms with van der Waals surface area (Å²) in [4.78, 5) is 19.6. The van der Waals surface area contributed by atoms with Crippen molar-refractivity contribution in [1.82, 2.24) is 0 Å². The van der Waals surface area contributed by atoms with Crippen LogP contribution in [-0.2, 0) is 4.84 Å². The molecule has 2 atom stereocenters. The molecule has 0 saturated carbocycles. The summed E-state index contributed by atoms with van der Waals surface area (Å²) < 4.78 is 6.05. The minimum atomic E-state index is -1.02. The molecular weight excluding hydrogens is 338 g/mol. The van der Waals surface area contributed by atoms with Crippen molar-refractivity contribution in [1.29, 1.82) is 0 Å². The highest BCUT2D eigenvalue weighted by Gasteiger charge is 2.60. The molecule has 27 heavy (non-hydrogen) atoms. The zero-order chi connectivity index (χ0) is 18.3. The van der Waals surface area contributed by atoms with Crippen LogP contribution in [0.5, 0.6) is 5.75 Å². The van der Waals surface area contributed by atoms with Gasteiger partial charge in [-0.15, -0.1) is 0 Å². The lowest BCUT2D eigenvalue weighted by molar-refractivity contribution is -0.00619. The zero-order valence-electron chi connectivity index (χ0n) is 14.5. The third-order valence-electron chi connectivity index (χ3n) is 5.26. The molecule has 3 aromatic carbocycles. The lowest BCUT2D eigenvalue weighted by Gasteiger charge is -2.37. The smallest absolute Gasteiger partial charge is 0.182 e. The summed E-state index contributed by atoms with van der Waals surface area (Å²) >= 11 is 0. The van der Waals surface area contributed by atoms with Crippen LogP contribution < -0.4 is 4.74 Å². The normalized spacial score (nSPS) is 22.7. The molecule has 0 unspecified atom stereocenters. The number of para-hydroxylation sites is 1. The molecule has 0 aliphatic carbocycles. The van der Waals surface area contributed by atoms with Gasteiger partial charge in [0.05, 0.1) is 0 Å². The van der Waals surface area contributed by atoms with Gasteiger partial charge in [-0.25, -0.2) is 0 Å². The van der Waals surface area contributed by atoms with Crippen LogP contribution in [0.3, 0.4) is 0 Å². The Morgan fingerprint density at radius 3 is 2.33 bits per heavy atom. The molecule has 2 aliphatic rings. The molecule has 0 fully saturated rings. The van der Waals surface area contributed by atoms with Crippen LogP contribution >= 0.6 is 0 Å². The van der Waals surface area contributed by atoms with E-state index in [4.69, 9.17) is 9.57 Å². The van der Waals surface area contributed by atoms with Gasteiger partial charge in [-0.2, -0.15) is 0 Å². The van der Waals surface area contributed by atoms with Gasteiger partial charge in [0.1, 0.15) is 18.1 Å². The van der Waals surface area contributed by atoms with Crippen molar-refractivity contribution in [3.8, 4) is 5.75 Å². The van der Waals surface area contributed by atoms with Gasteiger partial charge >= 0.3 is 0 Å². The fraction of sp³-hybridized carbons (Fsp3) is 0.130. The van der Waals surface area contributed by atoms with E-state index in [1.165, 1.54) is 0 Å². The number of carbonyl (C=O) groups excluding carboxylic acids is 1. The number of ether oxygens (including phenoxy) is 1. The van der Waals surface area contributed by atoms with Gasteiger partial charge < -0.3 is 9.57 Å². The molecule has 2 heterocycles. The van der Waals surface area contributed by atoms with Gasteiger partial charge in [0, 0.05) is 16.7 Å². The first-order valence-electron chi connectivity index (χ1n) is 8.92. The minimum absolute atomic E-state index is 0.0392. The summed E-state index contributed by atoms with van der Waals surface area (Å²) in [5.74, 6) is 0.700. The van der Waals surface area contributed by atoms with E-state index in [9.17, 15) is 4.79 Å². The molecule has 0 N–H and O–H groups in total. The molecule has 0 bridgehead atoms. The summed E-state index contributed by atoms with van der Waals surface area (Å²) in [6.07, 6.45) is -0.509. The average Bonchev–Trinajstić information content (AvgIpc) is 3.15. The van der Waals surface area contributed by atoms with Crippen molar-refractivity contribution >= 4 is 11.5 Å². The highest BCUT2D eigenvalue weighted by molar-refractivity contribution is 6.23. The maximum atomic E-state index is 13.8. The van der Waals surface area contributed by atoms with E-state index in [2.05, 4.69) is 5.16 Å². The van der Waals surface area contributed by atoms with E-state index in [0.29, 0.717) is 11.3 Å². The van der Waals surface area contributed by atoms with Crippen LogP contribution in [0.2, 0.25) is 0 Å². The van der Waals surface area contributed by atoms with E-state index in [-0.39, 0.29) is 12.4 Å². The zero-order valence-corrected chi connectivity index (χ0v) is 14.5. The number of Topliss-reactive ketones (excluding diaryl/α,β-unsaturated/α-hetero) is 1. The van der Waals surface area contributed by atoms with E-state index in [1.807, 2.05) is 84.9 Å². The largest absolute Gasteiger partial charge is 0.492 e. The SMILES string of the molecule is O=C(c1ccccc1)[C@]12COc3ccccc3[C@@H]1ON=C2c1ccccc1. The molecule has 2 aliphatic heterocycles. The summed E-state index contributed by atoms with van der Waals surface area (Å²) in [5, 5.41) is 4.38. The Balaban J connectivity index is 1.70. The van der Waals surface area contributed by atoms with Gasteiger partial charge in [-0.3, -0.25) is 4.79 Å². The van der Waals surface area contributed by atoms with Crippen LogP contribution in [0.15, 0.2) is 90.1 Å². The minimum Gasteiger partial charge on any atom is -0.492 e. The molecule has 132 valence electrons. The molecule has 5 rings (SSSR count). The predicted molar refractivity (Wildman–Crippen MR) is 102 cm³/mol. The molecule has 4 nitrogen and oxygen atoms in total. The average molecular weight is 355 g/mol. The van der Waals surface area contributed by atoms with Crippen molar-refractivity contribution in [2.45, 2.75) is 6.10 Å². The van der Waals surface area contributed by atoms with Gasteiger partial charge in [-0.05, 0) is 6.07 Å². The van der Waals surface area contributed by atoms with Crippen molar-refractivity contribution in [3.63, 3.8) is 0 Å². The number of hydrogen-bond donors (Lipinski definition) is 0. The van der Waals surface area contributed by atoms with Gasteiger partial charge in [0.15, 0.2) is 17.3 Å². The maximum Gasteiger partial charge on any atom is 0.182 e. The second-order valence-corrected chi connectivity index (χ2v) is 6.78. The standard InChI is InChI=1S/C23H17NO3/c25-21(17-11-5-2-6-12-17)23-15-26-19-14-8-7-13-18(19)22(23)27-24-20(23)16-9-3-1-4-10-16/h1-14,22H,15H2/t22-,23+/m0/s1. The van der Waals surface area contributed by atoms with E-state index in [0.717, 1.165) is 16.9 Å². The van der Waals surface area contributed by atoms with Crippen LogP contribution in [-0.4, -0.2) is 18.1 Å². The number of fused-ring (bicyclic) bond motifs is 3. The Hall–Kier alpha value is -3.40. The predicted octanol–water partition coefficient (Wildman–Crippen LogP) is 4.42. The van der Waals surface area contributed by atoms with Crippen LogP contribution in [0, 0.1) is 5.41 Å². The Morgan fingerprint density at radius 1 is 0.889 bits per heavy atom. The van der Waals surface area contributed by atoms with E-state index < -0.39 is 11.5 Å². The van der Waals surface area contributed by atoms with Gasteiger partial charge in [0.25, 0.3) is 0 Å². The summed E-state index contributed by atoms with van der Waals surface area (Å²) in [6, 6.07) is 26.7. The molecule has 0 spiro atoms. The summed E-state index contributed by atoms with van der Waals surface area (Å²) in [5.41, 5.74) is 1.95. The first kappa shape index (κ1) is 15.8. The maximum absolute atomic E-state index is 13.8. The summed E-state index contributed by atoms with van der Waals surface area (Å²) in [7, 11) is 0. The lowest BCUT2D eigenvalue weighted by Crippen LogP contribution is -2.49. The molecule has 3 aromatic rings. The number of oxime groups is 1. The quantitative estimate of drug-likeness (QED) is 0.653. The van der Waals surface area contributed by atoms with Crippen LogP contribution in [0.4, 0.5) is 0 Å². The highest BCUT2D eigenvalue weighted by Crippen LogP contribution is 2.52. The third-order valence-corrected chi connectivity index (χ3v) is 5.26. The third kappa shape index (κ3) is 2.30. The van der Waals surface area contributed by atoms with Crippen molar-refractivity contribution in [2.75, 3.05) is 6.61 Å². The number of nitrogens with zero attached hydrogens (tertiary/aromatic N) is 1. The second kappa shape index (κ2) is 6.09. The first-order chi connectivity index (χ1) is 13.3. The Kier molecular flexibility index (Phi) is 3.57. The number of carbonyl (C=O) groups is 1. The number of rotatable bonds is 3.